The van der Waals surface area contributed by atoms with E-state index in [1.807, 2.05) is 0 Å². The third-order valence-electron chi connectivity index (χ3n) is 2.49. The Labute approximate surface area is 103 Å². The quantitative estimate of drug-likeness (QED) is 0.819. The van der Waals surface area contributed by atoms with Crippen molar-refractivity contribution in [3.05, 3.63) is 46.4 Å². The molecule has 6 heteroatoms. The minimum atomic E-state index is -0.450. The molecule has 0 radical (unpaired) electrons. The highest BCUT2D eigenvalue weighted by molar-refractivity contribution is 5.46. The lowest BCUT2D eigenvalue weighted by atomic mass is 10.3. The van der Waals surface area contributed by atoms with E-state index < -0.39 is 5.56 Å². The van der Waals surface area contributed by atoms with Crippen LogP contribution >= 0.6 is 0 Å². The van der Waals surface area contributed by atoms with E-state index in [0.29, 0.717) is 11.4 Å². The Hall–Kier alpha value is -2.34. The van der Waals surface area contributed by atoms with Gasteiger partial charge in [0.05, 0.1) is 7.11 Å². The zero-order chi connectivity index (χ0) is 13.1. The van der Waals surface area contributed by atoms with Crippen molar-refractivity contribution in [3.8, 4) is 17.2 Å². The number of aromatic nitrogens is 2. The van der Waals surface area contributed by atoms with Gasteiger partial charge in [-0.1, -0.05) is 12.1 Å². The molecule has 0 atom stereocenters. The minimum Gasteiger partial charge on any atom is -0.506 e. The highest BCUT2D eigenvalue weighted by Crippen LogP contribution is 2.20. The molecule has 2 rings (SSSR count). The molecule has 0 aliphatic heterocycles. The summed E-state index contributed by atoms with van der Waals surface area (Å²) in [7, 11) is 1.51. The molecule has 1 aromatic carbocycles. The van der Waals surface area contributed by atoms with Crippen LogP contribution in [-0.4, -0.2) is 22.0 Å². The maximum absolute atomic E-state index is 11.8. The lowest BCUT2D eigenvalue weighted by molar-refractivity contribution is 0.410. The average Bonchev–Trinajstić information content (AvgIpc) is 2.39. The Morgan fingerprint density at radius 2 is 2.17 bits per heavy atom. The van der Waals surface area contributed by atoms with Crippen molar-refractivity contribution in [2.45, 2.75) is 6.54 Å². The van der Waals surface area contributed by atoms with E-state index in [2.05, 4.69) is 5.10 Å². The van der Waals surface area contributed by atoms with Gasteiger partial charge in [0.1, 0.15) is 22.9 Å². The molecule has 1 heterocycles. The Morgan fingerprint density at radius 3 is 2.83 bits per heavy atom. The van der Waals surface area contributed by atoms with Crippen LogP contribution in [0.1, 0.15) is 5.69 Å². The first kappa shape index (κ1) is 12.1. The molecule has 0 saturated heterocycles. The maximum Gasteiger partial charge on any atom is 0.275 e. The molecule has 0 aliphatic carbocycles. The van der Waals surface area contributed by atoms with Gasteiger partial charge in [0.25, 0.3) is 5.56 Å². The highest BCUT2D eigenvalue weighted by atomic mass is 16.5. The minimum absolute atomic E-state index is 0.0429. The zero-order valence-corrected chi connectivity index (χ0v) is 9.83. The summed E-state index contributed by atoms with van der Waals surface area (Å²) in [5.41, 5.74) is 5.75. The first-order valence-corrected chi connectivity index (χ1v) is 5.33. The number of para-hydroxylation sites is 2. The molecule has 0 amide bonds. The third-order valence-corrected chi connectivity index (χ3v) is 2.49. The summed E-state index contributed by atoms with van der Waals surface area (Å²) in [5, 5.41) is 13.5. The fourth-order valence-electron chi connectivity index (χ4n) is 1.61. The van der Waals surface area contributed by atoms with Crippen LogP contribution in [-0.2, 0) is 6.54 Å². The average molecular weight is 247 g/mol. The van der Waals surface area contributed by atoms with Crippen molar-refractivity contribution in [1.82, 2.24) is 9.78 Å². The molecule has 1 aromatic heterocycles. The number of benzene rings is 1. The number of nitrogens with two attached hydrogens (primary N) is 1. The molecule has 18 heavy (non-hydrogen) atoms. The number of ether oxygens (including phenoxy) is 1. The zero-order valence-electron chi connectivity index (χ0n) is 9.83. The molecule has 0 bridgehead atoms. The fraction of sp³-hybridized carbons (Fsp3) is 0.167. The van der Waals surface area contributed by atoms with Crippen LogP contribution in [0.4, 0.5) is 0 Å². The standard InChI is InChI=1S/C12H13N3O3/c1-18-11-5-3-2-4-9(11)15-12(17)6-10(16)8(7-13)14-15/h2-6,16H,7,13H2,1H3. The van der Waals surface area contributed by atoms with E-state index in [4.69, 9.17) is 10.5 Å². The summed E-state index contributed by atoms with van der Waals surface area (Å²) in [4.78, 5) is 11.8. The van der Waals surface area contributed by atoms with Crippen LogP contribution < -0.4 is 16.0 Å². The molecular weight excluding hydrogens is 234 g/mol. The van der Waals surface area contributed by atoms with Gasteiger partial charge in [-0.3, -0.25) is 4.79 Å². The van der Waals surface area contributed by atoms with Gasteiger partial charge in [-0.2, -0.15) is 9.78 Å². The van der Waals surface area contributed by atoms with Crippen LogP contribution in [0.2, 0.25) is 0 Å². The topological polar surface area (TPSA) is 90.4 Å². The molecule has 0 spiro atoms. The van der Waals surface area contributed by atoms with Gasteiger partial charge in [-0.25, -0.2) is 0 Å². The Morgan fingerprint density at radius 1 is 1.44 bits per heavy atom. The lowest BCUT2D eigenvalue weighted by Gasteiger charge is -2.10. The smallest absolute Gasteiger partial charge is 0.275 e. The number of hydrogen-bond donors (Lipinski definition) is 2. The molecule has 2 aromatic rings. The second kappa shape index (κ2) is 4.89. The highest BCUT2D eigenvalue weighted by Gasteiger charge is 2.11. The Balaban J connectivity index is 2.67. The molecule has 94 valence electrons. The molecule has 3 N–H and O–H groups in total. The first-order chi connectivity index (χ1) is 8.67. The van der Waals surface area contributed by atoms with Crippen LogP contribution in [0.3, 0.4) is 0 Å². The van der Waals surface area contributed by atoms with Crippen molar-refractivity contribution in [3.63, 3.8) is 0 Å². The fourth-order valence-corrected chi connectivity index (χ4v) is 1.61. The molecule has 6 nitrogen and oxygen atoms in total. The summed E-state index contributed by atoms with van der Waals surface area (Å²) in [6, 6.07) is 8.06. The molecule has 0 aliphatic rings. The summed E-state index contributed by atoms with van der Waals surface area (Å²) in [6.45, 7) is 0.0429. The van der Waals surface area contributed by atoms with Crippen molar-refractivity contribution in [2.75, 3.05) is 7.11 Å². The largest absolute Gasteiger partial charge is 0.506 e. The van der Waals surface area contributed by atoms with Crippen LogP contribution in [0, 0.1) is 0 Å². The molecule has 0 saturated carbocycles. The number of rotatable bonds is 3. The SMILES string of the molecule is COc1ccccc1-n1nc(CN)c(O)cc1=O. The number of nitrogens with zero attached hydrogens (tertiary/aromatic N) is 2. The predicted molar refractivity (Wildman–Crippen MR) is 65.9 cm³/mol. The van der Waals surface area contributed by atoms with E-state index in [1.54, 1.807) is 24.3 Å². The van der Waals surface area contributed by atoms with Crippen molar-refractivity contribution >= 4 is 0 Å². The number of aromatic hydroxyl groups is 1. The Bertz CT molecular complexity index is 622. The van der Waals surface area contributed by atoms with Gasteiger partial charge in [0, 0.05) is 12.6 Å². The van der Waals surface area contributed by atoms with Crippen LogP contribution in [0.25, 0.3) is 5.69 Å². The Kier molecular flexibility index (Phi) is 3.29. The van der Waals surface area contributed by atoms with Crippen molar-refractivity contribution in [2.24, 2.45) is 5.73 Å². The van der Waals surface area contributed by atoms with Gasteiger partial charge in [0.15, 0.2) is 0 Å². The summed E-state index contributed by atoms with van der Waals surface area (Å²) in [5.74, 6) is 0.314. The van der Waals surface area contributed by atoms with Gasteiger partial charge < -0.3 is 15.6 Å². The van der Waals surface area contributed by atoms with E-state index in [1.165, 1.54) is 7.11 Å². The third kappa shape index (κ3) is 2.05. The van der Waals surface area contributed by atoms with Gasteiger partial charge in [0.2, 0.25) is 0 Å². The summed E-state index contributed by atoms with van der Waals surface area (Å²) in [6.07, 6.45) is 0. The van der Waals surface area contributed by atoms with Crippen molar-refractivity contribution in [1.29, 1.82) is 0 Å². The van der Waals surface area contributed by atoms with E-state index in [9.17, 15) is 9.90 Å². The van der Waals surface area contributed by atoms with E-state index in [-0.39, 0.29) is 18.0 Å². The van der Waals surface area contributed by atoms with Gasteiger partial charge >= 0.3 is 0 Å². The van der Waals surface area contributed by atoms with E-state index >= 15 is 0 Å². The van der Waals surface area contributed by atoms with Gasteiger partial charge in [-0.15, -0.1) is 0 Å². The lowest BCUT2D eigenvalue weighted by Crippen LogP contribution is -2.23. The first-order valence-electron chi connectivity index (χ1n) is 5.33. The number of hydrogen-bond acceptors (Lipinski definition) is 5. The molecule has 0 fully saturated rings. The van der Waals surface area contributed by atoms with Crippen LogP contribution in [0.5, 0.6) is 11.5 Å². The molecular formula is C12H13N3O3. The van der Waals surface area contributed by atoms with Crippen molar-refractivity contribution < 1.29 is 9.84 Å². The predicted octanol–water partition coefficient (Wildman–Crippen LogP) is 0.405. The summed E-state index contributed by atoms with van der Waals surface area (Å²) < 4.78 is 6.32. The monoisotopic (exact) mass is 247 g/mol. The molecule has 0 unspecified atom stereocenters. The van der Waals surface area contributed by atoms with Crippen LogP contribution in [0.15, 0.2) is 35.1 Å². The normalized spacial score (nSPS) is 10.3. The second-order valence-electron chi connectivity index (χ2n) is 3.60. The second-order valence-corrected chi connectivity index (χ2v) is 3.60. The number of methoxy groups -OCH3 is 1. The summed E-state index contributed by atoms with van der Waals surface area (Å²) >= 11 is 0. The van der Waals surface area contributed by atoms with E-state index in [0.717, 1.165) is 10.7 Å². The van der Waals surface area contributed by atoms with Gasteiger partial charge in [-0.05, 0) is 12.1 Å². The maximum atomic E-state index is 11.8.